The lowest BCUT2D eigenvalue weighted by Crippen LogP contribution is -2.37. The monoisotopic (exact) mass is 450 g/mol. The first-order valence-corrected chi connectivity index (χ1v) is 12.1. The molecule has 0 aromatic heterocycles. The second-order valence-corrected chi connectivity index (χ2v) is 9.64. The summed E-state index contributed by atoms with van der Waals surface area (Å²) < 4.78 is 27.8. The molecule has 0 spiro atoms. The minimum atomic E-state index is -3.41. The van der Waals surface area contributed by atoms with Crippen LogP contribution in [-0.4, -0.2) is 33.5 Å². The minimum Gasteiger partial charge on any atom is -0.397 e. The Morgan fingerprint density at radius 3 is 2.38 bits per heavy atom. The van der Waals surface area contributed by atoms with Gasteiger partial charge in [-0.1, -0.05) is 42.5 Å². The van der Waals surface area contributed by atoms with Gasteiger partial charge in [0.05, 0.1) is 17.1 Å². The quantitative estimate of drug-likeness (QED) is 0.480. The zero-order valence-corrected chi connectivity index (χ0v) is 18.4. The summed E-state index contributed by atoms with van der Waals surface area (Å²) in [6, 6.07) is 23.4. The van der Waals surface area contributed by atoms with Crippen LogP contribution in [0.3, 0.4) is 0 Å². The molecule has 1 atom stereocenters. The topological polar surface area (TPSA) is 105 Å². The molecule has 3 aromatic rings. The molecule has 0 bridgehead atoms. The summed E-state index contributed by atoms with van der Waals surface area (Å²) in [5.41, 5.74) is 9.21. The van der Waals surface area contributed by atoms with E-state index in [-0.39, 0.29) is 17.7 Å². The van der Waals surface area contributed by atoms with E-state index in [9.17, 15) is 13.2 Å². The first kappa shape index (κ1) is 21.9. The van der Waals surface area contributed by atoms with Crippen LogP contribution in [0.4, 0.5) is 17.1 Å². The Morgan fingerprint density at radius 1 is 0.969 bits per heavy atom. The van der Waals surface area contributed by atoms with E-state index < -0.39 is 10.0 Å². The standard InChI is InChI=1S/C24H26N4O3S/c25-22-8-4-5-9-23(22)26-24(29)19-10-12-21(13-11-19)28-15-14-20(16-28)27-32(30,31)17-18-6-2-1-3-7-18/h1-13,20,27H,14-17,25H2,(H,26,29). The van der Waals surface area contributed by atoms with Crippen LogP contribution in [0.2, 0.25) is 0 Å². The van der Waals surface area contributed by atoms with Crippen molar-refractivity contribution in [2.75, 3.05) is 29.0 Å². The number of anilines is 3. The van der Waals surface area contributed by atoms with Gasteiger partial charge in [0.15, 0.2) is 0 Å². The second-order valence-electron chi connectivity index (χ2n) is 7.88. The average Bonchev–Trinajstić information content (AvgIpc) is 3.23. The van der Waals surface area contributed by atoms with Crippen molar-refractivity contribution in [2.45, 2.75) is 18.2 Å². The van der Waals surface area contributed by atoms with Crippen LogP contribution >= 0.6 is 0 Å². The van der Waals surface area contributed by atoms with Crippen molar-refractivity contribution in [2.24, 2.45) is 0 Å². The predicted molar refractivity (Wildman–Crippen MR) is 128 cm³/mol. The number of nitrogens with zero attached hydrogens (tertiary/aromatic N) is 1. The largest absolute Gasteiger partial charge is 0.397 e. The van der Waals surface area contributed by atoms with Gasteiger partial charge in [0, 0.05) is 30.4 Å². The Kier molecular flexibility index (Phi) is 6.43. The van der Waals surface area contributed by atoms with Gasteiger partial charge in [-0.2, -0.15) is 0 Å². The van der Waals surface area contributed by atoms with Crippen LogP contribution < -0.4 is 20.7 Å². The van der Waals surface area contributed by atoms with Gasteiger partial charge in [-0.3, -0.25) is 4.79 Å². The second kappa shape index (κ2) is 9.42. The molecule has 1 amide bonds. The maximum absolute atomic E-state index is 12.5. The van der Waals surface area contributed by atoms with Gasteiger partial charge in [0.2, 0.25) is 10.0 Å². The number of carbonyl (C=O) groups excluding carboxylic acids is 1. The number of hydrogen-bond acceptors (Lipinski definition) is 5. The Balaban J connectivity index is 1.34. The fourth-order valence-electron chi connectivity index (χ4n) is 3.81. The molecule has 1 aliphatic rings. The number of carbonyl (C=O) groups is 1. The normalized spacial score (nSPS) is 16.1. The molecule has 0 radical (unpaired) electrons. The first-order chi connectivity index (χ1) is 15.4. The number of nitrogens with two attached hydrogens (primary N) is 1. The number of sulfonamides is 1. The maximum atomic E-state index is 12.5. The van der Waals surface area contributed by atoms with Crippen LogP contribution in [0.5, 0.6) is 0 Å². The van der Waals surface area contributed by atoms with Crippen molar-refractivity contribution >= 4 is 33.0 Å². The Bertz CT molecular complexity index is 1180. The fraction of sp³-hybridized carbons (Fsp3) is 0.208. The number of hydrogen-bond donors (Lipinski definition) is 3. The number of para-hydroxylation sites is 2. The molecule has 1 fully saturated rings. The van der Waals surface area contributed by atoms with Crippen molar-refractivity contribution in [1.29, 1.82) is 0 Å². The summed E-state index contributed by atoms with van der Waals surface area (Å²) in [5, 5.41) is 2.81. The van der Waals surface area contributed by atoms with E-state index >= 15 is 0 Å². The van der Waals surface area contributed by atoms with Crippen LogP contribution in [-0.2, 0) is 15.8 Å². The maximum Gasteiger partial charge on any atom is 0.255 e. The predicted octanol–water partition coefficient (Wildman–Crippen LogP) is 3.22. The summed E-state index contributed by atoms with van der Waals surface area (Å²) in [6.07, 6.45) is 0.726. The number of rotatable bonds is 7. The van der Waals surface area contributed by atoms with E-state index in [1.165, 1.54) is 0 Å². The molecule has 4 N–H and O–H groups in total. The van der Waals surface area contributed by atoms with E-state index in [1.807, 2.05) is 54.6 Å². The molecule has 1 aliphatic heterocycles. The molecular formula is C24H26N4O3S. The van der Waals surface area contributed by atoms with Crippen molar-refractivity contribution in [3.63, 3.8) is 0 Å². The summed E-state index contributed by atoms with van der Waals surface area (Å²) in [4.78, 5) is 14.6. The number of amides is 1. The summed E-state index contributed by atoms with van der Waals surface area (Å²) in [6.45, 7) is 1.32. The van der Waals surface area contributed by atoms with Gasteiger partial charge >= 0.3 is 0 Å². The van der Waals surface area contributed by atoms with Gasteiger partial charge in [-0.05, 0) is 48.4 Å². The highest BCUT2D eigenvalue weighted by Gasteiger charge is 2.26. The van der Waals surface area contributed by atoms with Gasteiger partial charge in [-0.15, -0.1) is 0 Å². The lowest BCUT2D eigenvalue weighted by Gasteiger charge is -2.19. The van der Waals surface area contributed by atoms with E-state index in [4.69, 9.17) is 5.73 Å². The lowest BCUT2D eigenvalue weighted by atomic mass is 10.1. The molecule has 166 valence electrons. The zero-order chi connectivity index (χ0) is 22.6. The van der Waals surface area contributed by atoms with Crippen molar-refractivity contribution < 1.29 is 13.2 Å². The van der Waals surface area contributed by atoms with E-state index in [1.54, 1.807) is 24.3 Å². The van der Waals surface area contributed by atoms with Crippen molar-refractivity contribution in [3.05, 3.63) is 90.0 Å². The van der Waals surface area contributed by atoms with Gasteiger partial charge in [0.1, 0.15) is 0 Å². The highest BCUT2D eigenvalue weighted by atomic mass is 32.2. The molecule has 4 rings (SSSR count). The third-order valence-corrected chi connectivity index (χ3v) is 6.84. The molecule has 0 aliphatic carbocycles. The Hall–Kier alpha value is -3.36. The molecule has 7 nitrogen and oxygen atoms in total. The first-order valence-electron chi connectivity index (χ1n) is 10.4. The molecule has 1 heterocycles. The minimum absolute atomic E-state index is 0.0277. The van der Waals surface area contributed by atoms with Crippen LogP contribution in [0.25, 0.3) is 0 Å². The Morgan fingerprint density at radius 2 is 1.66 bits per heavy atom. The lowest BCUT2D eigenvalue weighted by molar-refractivity contribution is 0.102. The van der Waals surface area contributed by atoms with Crippen LogP contribution in [0.15, 0.2) is 78.9 Å². The van der Waals surface area contributed by atoms with Crippen LogP contribution in [0, 0.1) is 0 Å². The smallest absolute Gasteiger partial charge is 0.255 e. The third-order valence-electron chi connectivity index (χ3n) is 5.44. The SMILES string of the molecule is Nc1ccccc1NC(=O)c1ccc(N2CCC(NS(=O)(=O)Cc3ccccc3)C2)cc1. The van der Waals surface area contributed by atoms with Gasteiger partial charge < -0.3 is 16.0 Å². The third kappa shape index (κ3) is 5.46. The van der Waals surface area contributed by atoms with E-state index in [0.29, 0.717) is 23.5 Å². The molecule has 1 saturated heterocycles. The van der Waals surface area contributed by atoms with Crippen molar-refractivity contribution in [3.8, 4) is 0 Å². The molecule has 8 heteroatoms. The number of nitrogen functional groups attached to an aromatic ring is 1. The average molecular weight is 451 g/mol. The molecular weight excluding hydrogens is 424 g/mol. The van der Waals surface area contributed by atoms with E-state index in [2.05, 4.69) is 14.9 Å². The number of benzene rings is 3. The molecule has 1 unspecified atom stereocenters. The summed E-state index contributed by atoms with van der Waals surface area (Å²) >= 11 is 0. The fourth-order valence-corrected chi connectivity index (χ4v) is 5.22. The summed E-state index contributed by atoms with van der Waals surface area (Å²) in [7, 11) is -3.41. The molecule has 0 saturated carbocycles. The van der Waals surface area contributed by atoms with Gasteiger partial charge in [0.25, 0.3) is 5.91 Å². The highest BCUT2D eigenvalue weighted by Crippen LogP contribution is 2.23. The number of nitrogens with one attached hydrogen (secondary N) is 2. The van der Waals surface area contributed by atoms with E-state index in [0.717, 1.165) is 24.2 Å². The zero-order valence-electron chi connectivity index (χ0n) is 17.6. The van der Waals surface area contributed by atoms with Gasteiger partial charge in [-0.25, -0.2) is 13.1 Å². The van der Waals surface area contributed by atoms with Crippen molar-refractivity contribution in [1.82, 2.24) is 4.72 Å². The summed E-state index contributed by atoms with van der Waals surface area (Å²) in [5.74, 6) is -0.262. The molecule has 32 heavy (non-hydrogen) atoms. The molecule has 3 aromatic carbocycles. The highest BCUT2D eigenvalue weighted by molar-refractivity contribution is 7.88. The van der Waals surface area contributed by atoms with Crippen LogP contribution in [0.1, 0.15) is 22.3 Å². The Labute approximate surface area is 188 Å².